The molecule has 0 bridgehead atoms. The number of nitro benzene ring substituents is 1. The molecule has 0 radical (unpaired) electrons. The van der Waals surface area contributed by atoms with Crippen LogP contribution in [0.2, 0.25) is 0 Å². The van der Waals surface area contributed by atoms with Gasteiger partial charge in [0.1, 0.15) is 12.2 Å². The van der Waals surface area contributed by atoms with Crippen LogP contribution in [0.5, 0.6) is 0 Å². The number of carbonyl (C=O) groups is 1. The summed E-state index contributed by atoms with van der Waals surface area (Å²) in [5, 5.41) is 16.7. The number of hydrogen-bond donors (Lipinski definition) is 3. The van der Waals surface area contributed by atoms with E-state index < -0.39 is 4.92 Å². The van der Waals surface area contributed by atoms with Crippen molar-refractivity contribution in [2.45, 2.75) is 13.1 Å². The van der Waals surface area contributed by atoms with Crippen molar-refractivity contribution < 1.29 is 14.6 Å². The first-order chi connectivity index (χ1) is 11.9. The van der Waals surface area contributed by atoms with Crippen molar-refractivity contribution in [3.8, 4) is 0 Å². The van der Waals surface area contributed by atoms with Crippen LogP contribution in [0.1, 0.15) is 21.5 Å². The fourth-order valence-electron chi connectivity index (χ4n) is 2.60. The molecule has 0 saturated carbocycles. The van der Waals surface area contributed by atoms with E-state index in [4.69, 9.17) is 0 Å². The summed E-state index contributed by atoms with van der Waals surface area (Å²) in [4.78, 5) is 24.3. The summed E-state index contributed by atoms with van der Waals surface area (Å²) in [7, 11) is 5.74. The quantitative estimate of drug-likeness (QED) is 0.521. The summed E-state index contributed by atoms with van der Waals surface area (Å²) < 4.78 is 0. The van der Waals surface area contributed by atoms with Gasteiger partial charge in [-0.2, -0.15) is 0 Å². The maximum atomic E-state index is 12.4. The van der Waals surface area contributed by atoms with E-state index in [2.05, 4.69) is 24.7 Å². The van der Waals surface area contributed by atoms with Crippen LogP contribution >= 0.6 is 0 Å². The van der Waals surface area contributed by atoms with Gasteiger partial charge in [0.2, 0.25) is 0 Å². The summed E-state index contributed by atoms with van der Waals surface area (Å²) in [6.07, 6.45) is 0. The SMILES string of the molecule is CNc1ccc(C(=O)NCc2ccccc2C[NH+](C)C)cc1[N+](=O)[O-]. The number of nitro groups is 1. The molecule has 0 saturated heterocycles. The lowest BCUT2D eigenvalue weighted by atomic mass is 10.1. The van der Waals surface area contributed by atoms with E-state index >= 15 is 0 Å². The molecule has 2 rings (SSSR count). The Bertz CT molecular complexity index is 775. The van der Waals surface area contributed by atoms with Gasteiger partial charge in [-0.1, -0.05) is 24.3 Å². The number of benzene rings is 2. The first-order valence-electron chi connectivity index (χ1n) is 8.02. The number of anilines is 1. The van der Waals surface area contributed by atoms with Crippen molar-refractivity contribution in [2.75, 3.05) is 26.5 Å². The molecule has 0 aliphatic rings. The Morgan fingerprint density at radius 1 is 1.16 bits per heavy atom. The maximum absolute atomic E-state index is 12.4. The van der Waals surface area contributed by atoms with E-state index in [1.807, 2.05) is 24.3 Å². The monoisotopic (exact) mass is 343 g/mol. The number of quaternary nitrogens is 1. The lowest BCUT2D eigenvalue weighted by Crippen LogP contribution is -3.04. The first-order valence-corrected chi connectivity index (χ1v) is 8.02. The van der Waals surface area contributed by atoms with Crippen molar-refractivity contribution in [3.05, 3.63) is 69.3 Å². The van der Waals surface area contributed by atoms with Gasteiger partial charge in [0.25, 0.3) is 11.6 Å². The summed E-state index contributed by atoms with van der Waals surface area (Å²) in [5.74, 6) is -0.335. The van der Waals surface area contributed by atoms with E-state index in [9.17, 15) is 14.9 Å². The maximum Gasteiger partial charge on any atom is 0.293 e. The highest BCUT2D eigenvalue weighted by Crippen LogP contribution is 2.25. The van der Waals surface area contributed by atoms with Crippen LogP contribution in [0.15, 0.2) is 42.5 Å². The Kier molecular flexibility index (Phi) is 6.08. The molecule has 3 N–H and O–H groups in total. The number of rotatable bonds is 7. The molecule has 1 amide bonds. The molecule has 2 aromatic rings. The Balaban J connectivity index is 2.13. The zero-order valence-electron chi connectivity index (χ0n) is 14.6. The Hall–Kier alpha value is -2.93. The number of nitrogens with zero attached hydrogens (tertiary/aromatic N) is 1. The Morgan fingerprint density at radius 2 is 1.84 bits per heavy atom. The molecule has 0 aliphatic carbocycles. The number of amides is 1. The van der Waals surface area contributed by atoms with Crippen LogP contribution in [0, 0.1) is 10.1 Å². The average Bonchev–Trinajstić information content (AvgIpc) is 2.59. The minimum Gasteiger partial charge on any atom is -0.383 e. The fraction of sp³-hybridized carbons (Fsp3) is 0.278. The van der Waals surface area contributed by atoms with Crippen LogP contribution in [-0.2, 0) is 13.1 Å². The molecule has 0 aromatic heterocycles. The van der Waals surface area contributed by atoms with Crippen molar-refractivity contribution in [1.82, 2.24) is 5.32 Å². The van der Waals surface area contributed by atoms with E-state index in [1.165, 1.54) is 22.6 Å². The predicted octanol–water partition coefficient (Wildman–Crippen LogP) is 1.21. The van der Waals surface area contributed by atoms with Crippen LogP contribution in [-0.4, -0.2) is 32.0 Å². The van der Waals surface area contributed by atoms with Gasteiger partial charge in [0.15, 0.2) is 0 Å². The molecule has 0 unspecified atom stereocenters. The van der Waals surface area contributed by atoms with Gasteiger partial charge < -0.3 is 15.5 Å². The molecule has 25 heavy (non-hydrogen) atoms. The van der Waals surface area contributed by atoms with Gasteiger partial charge in [0.05, 0.1) is 19.0 Å². The zero-order valence-corrected chi connectivity index (χ0v) is 14.6. The second kappa shape index (κ2) is 8.25. The van der Waals surface area contributed by atoms with Crippen molar-refractivity contribution in [2.24, 2.45) is 0 Å². The summed E-state index contributed by atoms with van der Waals surface area (Å²) in [6, 6.07) is 12.3. The third-order valence-electron chi connectivity index (χ3n) is 3.83. The molecular weight excluding hydrogens is 320 g/mol. The molecule has 2 aromatic carbocycles. The van der Waals surface area contributed by atoms with E-state index in [0.29, 0.717) is 12.2 Å². The van der Waals surface area contributed by atoms with Crippen LogP contribution in [0.3, 0.4) is 0 Å². The lowest BCUT2D eigenvalue weighted by molar-refractivity contribution is -0.872. The second-order valence-corrected chi connectivity index (χ2v) is 6.07. The summed E-state index contributed by atoms with van der Waals surface area (Å²) in [5.41, 5.74) is 2.73. The van der Waals surface area contributed by atoms with Crippen molar-refractivity contribution >= 4 is 17.3 Å². The Morgan fingerprint density at radius 3 is 2.44 bits per heavy atom. The first kappa shape index (κ1) is 18.4. The molecule has 0 aliphatic heterocycles. The smallest absolute Gasteiger partial charge is 0.293 e. The molecule has 0 heterocycles. The minimum absolute atomic E-state index is 0.119. The normalized spacial score (nSPS) is 10.6. The molecule has 7 heteroatoms. The third kappa shape index (κ3) is 4.77. The minimum atomic E-state index is -0.502. The van der Waals surface area contributed by atoms with Gasteiger partial charge in [-0.15, -0.1) is 0 Å². The van der Waals surface area contributed by atoms with Crippen molar-refractivity contribution in [1.29, 1.82) is 0 Å². The van der Waals surface area contributed by atoms with Gasteiger partial charge in [-0.05, 0) is 17.7 Å². The van der Waals surface area contributed by atoms with E-state index in [0.717, 1.165) is 12.1 Å². The highest BCUT2D eigenvalue weighted by molar-refractivity contribution is 5.95. The standard InChI is InChI=1S/C18H22N4O3/c1-19-16-9-8-13(10-17(16)22(24)25)18(23)20-11-14-6-4-5-7-15(14)12-21(2)3/h4-10,19H,11-12H2,1-3H3,(H,20,23)/p+1. The lowest BCUT2D eigenvalue weighted by Gasteiger charge is -2.13. The van der Waals surface area contributed by atoms with Gasteiger partial charge in [-0.3, -0.25) is 14.9 Å². The topological polar surface area (TPSA) is 88.7 Å². The number of hydrogen-bond acceptors (Lipinski definition) is 4. The third-order valence-corrected chi connectivity index (χ3v) is 3.83. The highest BCUT2D eigenvalue weighted by Gasteiger charge is 2.17. The zero-order chi connectivity index (χ0) is 18.4. The molecule has 132 valence electrons. The van der Waals surface area contributed by atoms with Crippen LogP contribution in [0.25, 0.3) is 0 Å². The predicted molar refractivity (Wildman–Crippen MR) is 96.8 cm³/mol. The second-order valence-electron chi connectivity index (χ2n) is 6.07. The summed E-state index contributed by atoms with van der Waals surface area (Å²) in [6.45, 7) is 1.23. The van der Waals surface area contributed by atoms with Gasteiger partial charge >= 0.3 is 0 Å². The number of nitrogens with one attached hydrogen (secondary N) is 3. The largest absolute Gasteiger partial charge is 0.383 e. The molecule has 0 atom stereocenters. The fourth-order valence-corrected chi connectivity index (χ4v) is 2.60. The molecular formula is C18H23N4O3+. The van der Waals surface area contributed by atoms with E-state index in [1.54, 1.807) is 13.1 Å². The molecule has 0 fully saturated rings. The Labute approximate surface area is 146 Å². The highest BCUT2D eigenvalue weighted by atomic mass is 16.6. The van der Waals surface area contributed by atoms with E-state index in [-0.39, 0.29) is 17.2 Å². The van der Waals surface area contributed by atoms with Gasteiger partial charge in [-0.25, -0.2) is 0 Å². The average molecular weight is 343 g/mol. The summed E-state index contributed by atoms with van der Waals surface area (Å²) >= 11 is 0. The number of carbonyl (C=O) groups excluding carboxylic acids is 1. The van der Waals surface area contributed by atoms with Crippen molar-refractivity contribution in [3.63, 3.8) is 0 Å². The molecule has 0 spiro atoms. The van der Waals surface area contributed by atoms with Crippen LogP contribution < -0.4 is 15.5 Å². The van der Waals surface area contributed by atoms with Crippen LogP contribution in [0.4, 0.5) is 11.4 Å². The molecule has 7 nitrogen and oxygen atoms in total. The van der Waals surface area contributed by atoms with Gasteiger partial charge in [0, 0.05) is 30.8 Å².